The summed E-state index contributed by atoms with van der Waals surface area (Å²) in [5, 5.41) is 3.10. The maximum Gasteiger partial charge on any atom is 0.235 e. The van der Waals surface area contributed by atoms with Gasteiger partial charge in [-0.15, -0.1) is 0 Å². The summed E-state index contributed by atoms with van der Waals surface area (Å²) in [6.07, 6.45) is 0. The lowest BCUT2D eigenvalue weighted by Crippen LogP contribution is -2.13. The highest BCUT2D eigenvalue weighted by Gasteiger charge is 2.02. The molecule has 1 aromatic rings. The van der Waals surface area contributed by atoms with E-state index in [1.54, 1.807) is 0 Å². The van der Waals surface area contributed by atoms with Crippen LogP contribution < -0.4 is 5.32 Å². The molecule has 1 rings (SSSR count). The molecule has 0 atom stereocenters. The van der Waals surface area contributed by atoms with E-state index in [9.17, 15) is 4.79 Å². The van der Waals surface area contributed by atoms with Crippen LogP contribution in [0.4, 0.5) is 5.69 Å². The maximum absolute atomic E-state index is 11.1. The second kappa shape index (κ2) is 4.77. The van der Waals surface area contributed by atoms with E-state index in [1.165, 1.54) is 0 Å². The molecule has 1 aromatic carbocycles. The minimum Gasteiger partial charge on any atom is -0.325 e. The average molecular weight is 307 g/mol. The zero-order chi connectivity index (χ0) is 9.84. The molecule has 70 valence electrons. The number of rotatable bonds is 2. The van der Waals surface area contributed by atoms with Gasteiger partial charge in [0.1, 0.15) is 0 Å². The Kier molecular flexibility index (Phi) is 3.93. The summed E-state index contributed by atoms with van der Waals surface area (Å²) >= 11 is 6.44. The van der Waals surface area contributed by atoms with Crippen molar-refractivity contribution in [2.45, 2.75) is 6.92 Å². The first kappa shape index (κ1) is 10.7. The number of nitrogens with one attached hydrogen (secondary N) is 1. The van der Waals surface area contributed by atoms with E-state index >= 15 is 0 Å². The van der Waals surface area contributed by atoms with E-state index in [-0.39, 0.29) is 5.91 Å². The first-order valence-corrected chi connectivity index (χ1v) is 5.67. The maximum atomic E-state index is 11.1. The highest BCUT2D eigenvalue weighted by Crippen LogP contribution is 2.20. The van der Waals surface area contributed by atoms with Crippen molar-refractivity contribution in [1.82, 2.24) is 0 Å². The molecule has 1 N–H and O–H groups in total. The monoisotopic (exact) mass is 305 g/mol. The highest BCUT2D eigenvalue weighted by molar-refractivity contribution is 9.10. The van der Waals surface area contributed by atoms with Gasteiger partial charge in [-0.2, -0.15) is 0 Å². The van der Waals surface area contributed by atoms with Crippen LogP contribution in [0.2, 0.25) is 0 Å². The molecule has 1 amide bonds. The fourth-order valence-electron chi connectivity index (χ4n) is 0.913. The Hall–Kier alpha value is -0.350. The summed E-state index contributed by atoms with van der Waals surface area (Å²) in [6.45, 7) is 1.95. The largest absolute Gasteiger partial charge is 0.325 e. The fourth-order valence-corrected chi connectivity index (χ4v) is 1.41. The van der Waals surface area contributed by atoms with E-state index in [2.05, 4.69) is 37.2 Å². The minimum atomic E-state index is -0.0406. The Bertz CT molecular complexity index is 325. The molecule has 0 bridgehead atoms. The van der Waals surface area contributed by atoms with Gasteiger partial charge in [0.2, 0.25) is 5.91 Å². The van der Waals surface area contributed by atoms with Gasteiger partial charge in [-0.25, -0.2) is 0 Å². The van der Waals surface area contributed by atoms with Gasteiger partial charge in [0.15, 0.2) is 0 Å². The molecule has 13 heavy (non-hydrogen) atoms. The van der Waals surface area contributed by atoms with E-state index in [4.69, 9.17) is 0 Å². The van der Waals surface area contributed by atoms with Crippen molar-refractivity contribution in [2.24, 2.45) is 0 Å². The Morgan fingerprint density at radius 1 is 1.54 bits per heavy atom. The lowest BCUT2D eigenvalue weighted by Gasteiger charge is -2.06. The molecule has 0 aliphatic rings. The molecule has 0 saturated heterocycles. The van der Waals surface area contributed by atoms with Gasteiger partial charge in [0.25, 0.3) is 0 Å². The second-order valence-corrected chi connectivity index (χ2v) is 4.12. The number of benzene rings is 1. The summed E-state index contributed by atoms with van der Waals surface area (Å²) < 4.78 is 0.961. The number of hydrogen-bond donors (Lipinski definition) is 1. The van der Waals surface area contributed by atoms with Gasteiger partial charge in [0, 0.05) is 10.2 Å². The molecule has 4 heteroatoms. The predicted molar refractivity (Wildman–Crippen MR) is 61.3 cm³/mol. The Morgan fingerprint density at radius 2 is 2.23 bits per heavy atom. The summed E-state index contributed by atoms with van der Waals surface area (Å²) in [7, 11) is 0. The molecule has 0 heterocycles. The van der Waals surface area contributed by atoms with Crippen molar-refractivity contribution >= 4 is 43.5 Å². The van der Waals surface area contributed by atoms with E-state index < -0.39 is 0 Å². The number of carbonyl (C=O) groups is 1. The van der Waals surface area contributed by atoms with Crippen molar-refractivity contribution in [2.75, 3.05) is 10.6 Å². The fraction of sp³-hybridized carbons (Fsp3) is 0.222. The molecule has 0 unspecified atom stereocenters. The van der Waals surface area contributed by atoms with Gasteiger partial charge in [-0.05, 0) is 24.6 Å². The Balaban J connectivity index is 2.87. The van der Waals surface area contributed by atoms with Crippen LogP contribution in [0.25, 0.3) is 0 Å². The van der Waals surface area contributed by atoms with Gasteiger partial charge >= 0.3 is 0 Å². The van der Waals surface area contributed by atoms with Crippen LogP contribution in [0.1, 0.15) is 5.56 Å². The third kappa shape index (κ3) is 3.12. The van der Waals surface area contributed by atoms with E-state index in [1.807, 2.05) is 25.1 Å². The van der Waals surface area contributed by atoms with E-state index in [0.717, 1.165) is 15.7 Å². The van der Waals surface area contributed by atoms with Crippen molar-refractivity contribution < 1.29 is 4.79 Å². The van der Waals surface area contributed by atoms with Crippen molar-refractivity contribution in [3.05, 3.63) is 28.2 Å². The van der Waals surface area contributed by atoms with Crippen LogP contribution >= 0.6 is 31.9 Å². The third-order valence-electron chi connectivity index (χ3n) is 1.60. The molecule has 0 spiro atoms. The van der Waals surface area contributed by atoms with Crippen LogP contribution in [0.3, 0.4) is 0 Å². The second-order valence-electron chi connectivity index (χ2n) is 2.64. The number of carbonyl (C=O) groups excluding carboxylic acids is 1. The number of amides is 1. The first-order valence-electron chi connectivity index (χ1n) is 3.75. The molecule has 2 nitrogen and oxygen atoms in total. The molecule has 0 fully saturated rings. The van der Waals surface area contributed by atoms with Crippen molar-refractivity contribution in [1.29, 1.82) is 0 Å². The summed E-state index contributed by atoms with van der Waals surface area (Å²) in [6, 6.07) is 5.78. The molecule has 0 radical (unpaired) electrons. The number of halogens is 2. The summed E-state index contributed by atoms with van der Waals surface area (Å²) in [5.41, 5.74) is 1.90. The smallest absolute Gasteiger partial charge is 0.235 e. The van der Waals surface area contributed by atoms with Crippen molar-refractivity contribution in [3.8, 4) is 0 Å². The number of alkyl halides is 1. The van der Waals surface area contributed by atoms with Gasteiger partial charge < -0.3 is 5.32 Å². The van der Waals surface area contributed by atoms with Crippen LogP contribution in [0.5, 0.6) is 0 Å². The molecule has 0 aliphatic heterocycles. The lowest BCUT2D eigenvalue weighted by molar-refractivity contribution is -0.113. The normalized spacial score (nSPS) is 9.77. The lowest BCUT2D eigenvalue weighted by atomic mass is 10.2. The van der Waals surface area contributed by atoms with Crippen molar-refractivity contribution in [3.63, 3.8) is 0 Å². The zero-order valence-electron chi connectivity index (χ0n) is 7.10. The van der Waals surface area contributed by atoms with Crippen LogP contribution in [0.15, 0.2) is 22.7 Å². The van der Waals surface area contributed by atoms with Crippen LogP contribution in [0, 0.1) is 6.92 Å². The zero-order valence-corrected chi connectivity index (χ0v) is 10.3. The molecule has 0 saturated carbocycles. The predicted octanol–water partition coefficient (Wildman–Crippen LogP) is 3.09. The molecule has 0 aliphatic carbocycles. The minimum absolute atomic E-state index is 0.0406. The Labute approximate surface area is 94.0 Å². The topological polar surface area (TPSA) is 29.1 Å². The summed E-state index contributed by atoms with van der Waals surface area (Å²) in [5.74, 6) is -0.0406. The molecular formula is C9H9Br2NO. The average Bonchev–Trinajstić information content (AvgIpc) is 2.11. The highest BCUT2D eigenvalue weighted by atomic mass is 79.9. The van der Waals surface area contributed by atoms with Gasteiger partial charge in [-0.1, -0.05) is 37.9 Å². The Morgan fingerprint density at radius 3 is 2.85 bits per heavy atom. The molecular weight excluding hydrogens is 298 g/mol. The summed E-state index contributed by atoms with van der Waals surface area (Å²) in [4.78, 5) is 11.1. The number of aryl methyl sites for hydroxylation is 1. The molecule has 0 aromatic heterocycles. The third-order valence-corrected chi connectivity index (χ3v) is 2.60. The van der Waals surface area contributed by atoms with E-state index in [0.29, 0.717) is 5.33 Å². The van der Waals surface area contributed by atoms with Gasteiger partial charge in [-0.3, -0.25) is 4.79 Å². The first-order chi connectivity index (χ1) is 6.13. The standard InChI is InChI=1S/C9H9Br2NO/c1-6-2-3-7(11)4-8(6)12-9(13)5-10/h2-4H,5H2,1H3,(H,12,13). The number of hydrogen-bond acceptors (Lipinski definition) is 1. The van der Waals surface area contributed by atoms with Crippen LogP contribution in [-0.4, -0.2) is 11.2 Å². The quantitative estimate of drug-likeness (QED) is 0.836. The van der Waals surface area contributed by atoms with Crippen LogP contribution in [-0.2, 0) is 4.79 Å². The SMILES string of the molecule is Cc1ccc(Br)cc1NC(=O)CBr. The number of anilines is 1. The van der Waals surface area contributed by atoms with Gasteiger partial charge in [0.05, 0.1) is 5.33 Å².